The number of aromatic nitrogens is 3. The second-order valence-corrected chi connectivity index (χ2v) is 8.55. The lowest BCUT2D eigenvalue weighted by atomic mass is 9.99. The number of benzene rings is 2. The van der Waals surface area contributed by atoms with E-state index in [0.29, 0.717) is 22.4 Å². The van der Waals surface area contributed by atoms with Gasteiger partial charge in [0.15, 0.2) is 0 Å². The topological polar surface area (TPSA) is 71.0 Å². The molecule has 1 amide bonds. The molecule has 1 atom stereocenters. The fourth-order valence-corrected chi connectivity index (χ4v) is 4.51. The van der Waals surface area contributed by atoms with Crippen LogP contribution in [0.15, 0.2) is 53.5 Å². The van der Waals surface area contributed by atoms with Crippen molar-refractivity contribution in [3.05, 3.63) is 70.1 Å². The molecule has 6 nitrogen and oxygen atoms in total. The second-order valence-electron chi connectivity index (χ2n) is 8.55. The van der Waals surface area contributed by atoms with E-state index in [1.165, 1.54) is 12.0 Å². The molecule has 0 aliphatic carbocycles. The van der Waals surface area contributed by atoms with Crippen molar-refractivity contribution in [2.75, 3.05) is 13.1 Å². The Morgan fingerprint density at radius 1 is 1.16 bits per heavy atom. The van der Waals surface area contributed by atoms with Crippen molar-refractivity contribution in [3.63, 3.8) is 0 Å². The minimum Gasteiger partial charge on any atom is -0.338 e. The first-order chi connectivity index (χ1) is 15.0. The zero-order valence-corrected chi connectivity index (χ0v) is 17.9. The number of carbonyl (C=O) groups is 1. The number of nitrogens with zero attached hydrogens (tertiary/aromatic N) is 3. The van der Waals surface area contributed by atoms with E-state index >= 15 is 0 Å². The standard InChI is InChI=1S/C25H26N4O2/c1-3-17-6-9-19(10-7-17)29-25(31)21-14-26-22-11-8-18(13-20(22)23(21)27-29)24(30)28-12-4-5-16(2)15-28/h6-11,13-14,16,27H,3-5,12,15H2,1-2H3/t16-/m0/s1. The fraction of sp³-hybridized carbons (Fsp3) is 0.320. The van der Waals surface area contributed by atoms with Crippen LogP contribution in [0.5, 0.6) is 0 Å². The molecule has 2 aromatic heterocycles. The van der Waals surface area contributed by atoms with Crippen molar-refractivity contribution in [1.29, 1.82) is 0 Å². The SMILES string of the molecule is CCc1ccc(-n2[nH]c3c(cnc4ccc(C(=O)N5CCC[C@H](C)C5)cc43)c2=O)cc1. The van der Waals surface area contributed by atoms with Crippen LogP contribution in [0.4, 0.5) is 0 Å². The second kappa shape index (κ2) is 7.69. The van der Waals surface area contributed by atoms with E-state index in [4.69, 9.17) is 0 Å². The van der Waals surface area contributed by atoms with Gasteiger partial charge < -0.3 is 4.90 Å². The Morgan fingerprint density at radius 3 is 2.71 bits per heavy atom. The maximum absolute atomic E-state index is 13.1. The van der Waals surface area contributed by atoms with E-state index < -0.39 is 0 Å². The van der Waals surface area contributed by atoms with E-state index in [1.54, 1.807) is 10.9 Å². The number of nitrogens with one attached hydrogen (secondary N) is 1. The molecule has 1 N–H and O–H groups in total. The number of aromatic amines is 1. The number of likely N-dealkylation sites (tertiary alicyclic amines) is 1. The van der Waals surface area contributed by atoms with Crippen LogP contribution in [0, 0.1) is 5.92 Å². The molecule has 4 aromatic rings. The lowest BCUT2D eigenvalue weighted by Crippen LogP contribution is -2.39. The summed E-state index contributed by atoms with van der Waals surface area (Å²) < 4.78 is 1.55. The first-order valence-corrected chi connectivity index (χ1v) is 11.0. The number of piperidine rings is 1. The van der Waals surface area contributed by atoms with Crippen LogP contribution in [0.2, 0.25) is 0 Å². The van der Waals surface area contributed by atoms with Gasteiger partial charge in [0.2, 0.25) is 0 Å². The number of carbonyl (C=O) groups excluding carboxylic acids is 1. The quantitative estimate of drug-likeness (QED) is 0.543. The maximum atomic E-state index is 13.1. The van der Waals surface area contributed by atoms with Crippen molar-refractivity contribution in [2.24, 2.45) is 5.92 Å². The van der Waals surface area contributed by atoms with Gasteiger partial charge in [-0.2, -0.15) is 0 Å². The molecule has 1 aliphatic heterocycles. The van der Waals surface area contributed by atoms with Gasteiger partial charge in [0, 0.05) is 30.2 Å². The molecule has 0 spiro atoms. The van der Waals surface area contributed by atoms with Crippen LogP contribution in [-0.4, -0.2) is 38.7 Å². The highest BCUT2D eigenvalue weighted by atomic mass is 16.2. The number of aryl methyl sites for hydroxylation is 1. The van der Waals surface area contributed by atoms with Gasteiger partial charge in [0.25, 0.3) is 11.5 Å². The monoisotopic (exact) mass is 414 g/mol. The van der Waals surface area contributed by atoms with Gasteiger partial charge in [-0.15, -0.1) is 0 Å². The van der Waals surface area contributed by atoms with Crippen molar-refractivity contribution in [1.82, 2.24) is 19.7 Å². The normalized spacial score (nSPS) is 16.8. The van der Waals surface area contributed by atoms with Gasteiger partial charge in [-0.05, 0) is 61.1 Å². The number of hydrogen-bond acceptors (Lipinski definition) is 3. The minimum absolute atomic E-state index is 0.0439. The Labute approximate surface area is 180 Å². The molecule has 2 aromatic carbocycles. The third kappa shape index (κ3) is 3.42. The molecule has 158 valence electrons. The van der Waals surface area contributed by atoms with Crippen LogP contribution in [-0.2, 0) is 6.42 Å². The third-order valence-electron chi connectivity index (χ3n) is 6.32. The minimum atomic E-state index is -0.143. The van der Waals surface area contributed by atoms with Gasteiger partial charge in [-0.1, -0.05) is 26.0 Å². The number of amides is 1. The van der Waals surface area contributed by atoms with Crippen molar-refractivity contribution < 1.29 is 4.79 Å². The summed E-state index contributed by atoms with van der Waals surface area (Å²) in [5.74, 6) is 0.568. The molecule has 5 rings (SSSR count). The average Bonchev–Trinajstić information content (AvgIpc) is 3.15. The van der Waals surface area contributed by atoms with Crippen LogP contribution >= 0.6 is 0 Å². The summed E-state index contributed by atoms with van der Waals surface area (Å²) in [5, 5.41) is 4.56. The molecule has 0 saturated carbocycles. The van der Waals surface area contributed by atoms with Crippen molar-refractivity contribution >= 4 is 27.7 Å². The van der Waals surface area contributed by atoms with Crippen LogP contribution in [0.3, 0.4) is 0 Å². The number of fused-ring (bicyclic) bond motifs is 3. The zero-order valence-electron chi connectivity index (χ0n) is 17.9. The summed E-state index contributed by atoms with van der Waals surface area (Å²) in [7, 11) is 0. The van der Waals surface area contributed by atoms with E-state index in [0.717, 1.165) is 42.5 Å². The van der Waals surface area contributed by atoms with E-state index in [1.807, 2.05) is 47.4 Å². The highest BCUT2D eigenvalue weighted by Gasteiger charge is 2.23. The fourth-order valence-electron chi connectivity index (χ4n) is 4.51. The molecule has 0 radical (unpaired) electrons. The lowest BCUT2D eigenvalue weighted by molar-refractivity contribution is 0.0683. The summed E-state index contributed by atoms with van der Waals surface area (Å²) in [5.41, 5.74) is 3.95. The molecule has 3 heterocycles. The lowest BCUT2D eigenvalue weighted by Gasteiger charge is -2.31. The molecule has 1 saturated heterocycles. The van der Waals surface area contributed by atoms with Crippen LogP contribution in [0.25, 0.3) is 27.5 Å². The van der Waals surface area contributed by atoms with E-state index in [2.05, 4.69) is 23.9 Å². The van der Waals surface area contributed by atoms with Gasteiger partial charge in [0.1, 0.15) is 0 Å². The summed E-state index contributed by atoms with van der Waals surface area (Å²) in [6.07, 6.45) is 4.77. The molecule has 31 heavy (non-hydrogen) atoms. The van der Waals surface area contributed by atoms with Gasteiger partial charge in [-0.3, -0.25) is 19.7 Å². The van der Waals surface area contributed by atoms with Crippen molar-refractivity contribution in [2.45, 2.75) is 33.1 Å². The maximum Gasteiger partial charge on any atom is 0.280 e. The number of hydrogen-bond donors (Lipinski definition) is 1. The zero-order chi connectivity index (χ0) is 21.5. The number of pyridine rings is 1. The highest BCUT2D eigenvalue weighted by molar-refractivity contribution is 6.06. The predicted molar refractivity (Wildman–Crippen MR) is 123 cm³/mol. The van der Waals surface area contributed by atoms with Crippen molar-refractivity contribution in [3.8, 4) is 5.69 Å². The third-order valence-corrected chi connectivity index (χ3v) is 6.32. The van der Waals surface area contributed by atoms with E-state index in [-0.39, 0.29) is 11.5 Å². The van der Waals surface area contributed by atoms with Crippen LogP contribution < -0.4 is 5.56 Å². The molecule has 1 fully saturated rings. The smallest absolute Gasteiger partial charge is 0.280 e. The molecular formula is C25H26N4O2. The Morgan fingerprint density at radius 2 is 1.97 bits per heavy atom. The summed E-state index contributed by atoms with van der Waals surface area (Å²) in [4.78, 5) is 32.6. The van der Waals surface area contributed by atoms with E-state index in [9.17, 15) is 9.59 Å². The average molecular weight is 415 g/mol. The largest absolute Gasteiger partial charge is 0.338 e. The Balaban J connectivity index is 1.60. The molecule has 0 unspecified atom stereocenters. The number of H-pyrrole nitrogens is 1. The predicted octanol–water partition coefficient (Wildman–Crippen LogP) is 4.30. The molecule has 6 heteroatoms. The summed E-state index contributed by atoms with van der Waals surface area (Å²) in [6, 6.07) is 13.5. The summed E-state index contributed by atoms with van der Waals surface area (Å²) >= 11 is 0. The number of rotatable bonds is 3. The first-order valence-electron chi connectivity index (χ1n) is 11.0. The Hall–Kier alpha value is -3.41. The molecular weight excluding hydrogens is 388 g/mol. The summed E-state index contributed by atoms with van der Waals surface area (Å²) in [6.45, 7) is 5.88. The Bertz CT molecular complexity index is 1330. The highest BCUT2D eigenvalue weighted by Crippen LogP contribution is 2.24. The first kappa shape index (κ1) is 19.5. The Kier molecular flexibility index (Phi) is 4.85. The van der Waals surface area contributed by atoms with Crippen LogP contribution in [0.1, 0.15) is 42.6 Å². The van der Waals surface area contributed by atoms with Gasteiger partial charge in [0.05, 0.1) is 22.1 Å². The van der Waals surface area contributed by atoms with Gasteiger partial charge in [-0.25, -0.2) is 4.68 Å². The molecule has 1 aliphatic rings. The van der Waals surface area contributed by atoms with Gasteiger partial charge >= 0.3 is 0 Å². The molecule has 0 bridgehead atoms.